The molecule has 5 nitrogen and oxygen atoms in total. The third-order valence-electron chi connectivity index (χ3n) is 10.8. The molecule has 0 aliphatic carbocycles. The number of rotatable bonds is 6. The minimum Gasteiger partial charge on any atom is -0.307 e. The molecule has 0 spiro atoms. The van der Waals surface area contributed by atoms with Crippen LogP contribution in [0, 0.1) is 0 Å². The largest absolute Gasteiger partial charge is 0.307 e. The Labute approximate surface area is 323 Å². The smallest absolute Gasteiger partial charge is 0.238 e. The van der Waals surface area contributed by atoms with Crippen LogP contribution in [0.1, 0.15) is 0 Å². The molecular formula is C51H33N5. The van der Waals surface area contributed by atoms with Crippen molar-refractivity contribution < 1.29 is 0 Å². The molecule has 0 N–H and O–H groups in total. The summed E-state index contributed by atoms with van der Waals surface area (Å²) in [5, 5.41) is 4.59. The van der Waals surface area contributed by atoms with Gasteiger partial charge in [-0.05, 0) is 34.9 Å². The normalized spacial score (nSPS) is 11.6. The Morgan fingerprint density at radius 2 is 0.750 bits per heavy atom. The summed E-state index contributed by atoms with van der Waals surface area (Å²) in [6.45, 7) is 0. The Kier molecular flexibility index (Phi) is 7.42. The Bertz CT molecular complexity index is 3160. The van der Waals surface area contributed by atoms with E-state index in [0.29, 0.717) is 17.6 Å². The van der Waals surface area contributed by atoms with Gasteiger partial charge in [0.25, 0.3) is 0 Å². The molecule has 262 valence electrons. The van der Waals surface area contributed by atoms with Crippen molar-refractivity contribution in [1.82, 2.24) is 24.1 Å². The maximum absolute atomic E-state index is 5.29. The molecule has 11 aromatic rings. The maximum Gasteiger partial charge on any atom is 0.238 e. The molecule has 3 aromatic heterocycles. The number of aromatic nitrogens is 5. The van der Waals surface area contributed by atoms with Gasteiger partial charge in [0.2, 0.25) is 5.95 Å². The van der Waals surface area contributed by atoms with Gasteiger partial charge >= 0.3 is 0 Å². The highest BCUT2D eigenvalue weighted by Gasteiger charge is 2.25. The predicted octanol–water partition coefficient (Wildman–Crippen LogP) is 12.7. The summed E-state index contributed by atoms with van der Waals surface area (Å²) in [4.78, 5) is 15.6. The van der Waals surface area contributed by atoms with E-state index in [9.17, 15) is 0 Å². The van der Waals surface area contributed by atoms with Crippen LogP contribution in [0.15, 0.2) is 200 Å². The van der Waals surface area contributed by atoms with Gasteiger partial charge < -0.3 is 4.57 Å². The molecular weight excluding hydrogens is 683 g/mol. The molecule has 0 amide bonds. The highest BCUT2D eigenvalue weighted by Crippen LogP contribution is 2.45. The standard InChI is InChI=1S/C51H33N5/c1-5-18-34(19-6-1)38-28-17-31-45(46(38)35-20-7-2-8-21-35)55-43-29-15-13-26-39(43)41-32-33-42-40-27-14-16-30-44(40)56(48(42)47(41)55)51-53-49(36-22-9-3-10-23-36)52-50(54-51)37-24-11-4-12-25-37/h1-33H. The fraction of sp³-hybridized carbons (Fsp3) is 0. The second-order valence-electron chi connectivity index (χ2n) is 14.0. The van der Waals surface area contributed by atoms with Gasteiger partial charge in [0.15, 0.2) is 11.6 Å². The van der Waals surface area contributed by atoms with Crippen LogP contribution < -0.4 is 0 Å². The van der Waals surface area contributed by atoms with Crippen LogP contribution in [0.2, 0.25) is 0 Å². The lowest BCUT2D eigenvalue weighted by molar-refractivity contribution is 0.953. The third-order valence-corrected chi connectivity index (χ3v) is 10.8. The van der Waals surface area contributed by atoms with Crippen LogP contribution in [-0.2, 0) is 0 Å². The van der Waals surface area contributed by atoms with E-state index in [0.717, 1.165) is 60.6 Å². The number of benzene rings is 8. The van der Waals surface area contributed by atoms with Crippen LogP contribution in [-0.4, -0.2) is 24.1 Å². The van der Waals surface area contributed by atoms with Crippen molar-refractivity contribution in [3.8, 4) is 56.7 Å². The molecule has 0 fully saturated rings. The zero-order chi connectivity index (χ0) is 37.0. The Morgan fingerprint density at radius 1 is 0.304 bits per heavy atom. The van der Waals surface area contributed by atoms with Gasteiger partial charge in [-0.1, -0.05) is 182 Å². The van der Waals surface area contributed by atoms with Crippen molar-refractivity contribution in [3.05, 3.63) is 200 Å². The van der Waals surface area contributed by atoms with Gasteiger partial charge in [-0.3, -0.25) is 4.57 Å². The molecule has 5 heteroatoms. The lowest BCUT2D eigenvalue weighted by Gasteiger charge is -2.19. The highest BCUT2D eigenvalue weighted by atomic mass is 15.2. The Balaban J connectivity index is 1.32. The van der Waals surface area contributed by atoms with Gasteiger partial charge in [0.05, 0.1) is 27.8 Å². The number of fused-ring (bicyclic) bond motifs is 7. The van der Waals surface area contributed by atoms with Gasteiger partial charge in [-0.2, -0.15) is 9.97 Å². The summed E-state index contributed by atoms with van der Waals surface area (Å²) in [5.41, 5.74) is 11.9. The molecule has 0 aliphatic rings. The van der Waals surface area contributed by atoms with E-state index in [1.54, 1.807) is 0 Å². The van der Waals surface area contributed by atoms with E-state index in [1.807, 2.05) is 36.4 Å². The summed E-state index contributed by atoms with van der Waals surface area (Å²) in [6, 6.07) is 70.4. The van der Waals surface area contributed by atoms with Crippen LogP contribution in [0.4, 0.5) is 0 Å². The van der Waals surface area contributed by atoms with Crippen LogP contribution >= 0.6 is 0 Å². The zero-order valence-electron chi connectivity index (χ0n) is 30.3. The van der Waals surface area contributed by atoms with Crippen LogP contribution in [0.25, 0.3) is 100 Å². The monoisotopic (exact) mass is 715 g/mol. The highest BCUT2D eigenvalue weighted by molar-refractivity contribution is 6.24. The van der Waals surface area contributed by atoms with Crippen molar-refractivity contribution in [2.75, 3.05) is 0 Å². The predicted molar refractivity (Wildman–Crippen MR) is 230 cm³/mol. The average Bonchev–Trinajstić information content (AvgIpc) is 3.80. The molecule has 11 rings (SSSR count). The molecule has 0 aliphatic heterocycles. The molecule has 0 saturated carbocycles. The summed E-state index contributed by atoms with van der Waals surface area (Å²) < 4.78 is 4.72. The third kappa shape index (κ3) is 5.06. The molecule has 0 unspecified atom stereocenters. The lowest BCUT2D eigenvalue weighted by atomic mass is 9.93. The number of para-hydroxylation sites is 2. The van der Waals surface area contributed by atoms with Gasteiger partial charge in [0.1, 0.15) is 0 Å². The molecule has 0 bridgehead atoms. The van der Waals surface area contributed by atoms with Crippen molar-refractivity contribution in [2.24, 2.45) is 0 Å². The number of nitrogens with zero attached hydrogens (tertiary/aromatic N) is 5. The van der Waals surface area contributed by atoms with Crippen molar-refractivity contribution >= 4 is 43.6 Å². The summed E-state index contributed by atoms with van der Waals surface area (Å²) in [6.07, 6.45) is 0. The van der Waals surface area contributed by atoms with Crippen LogP contribution in [0.5, 0.6) is 0 Å². The molecule has 56 heavy (non-hydrogen) atoms. The first-order valence-corrected chi connectivity index (χ1v) is 18.9. The first-order chi connectivity index (χ1) is 27.8. The summed E-state index contributed by atoms with van der Waals surface area (Å²) in [5.74, 6) is 1.81. The molecule has 0 saturated heterocycles. The first kappa shape index (κ1) is 31.9. The van der Waals surface area contributed by atoms with Crippen LogP contribution in [0.3, 0.4) is 0 Å². The lowest BCUT2D eigenvalue weighted by Crippen LogP contribution is -2.07. The molecule has 3 heterocycles. The number of hydrogen-bond donors (Lipinski definition) is 0. The second-order valence-corrected chi connectivity index (χ2v) is 14.0. The average molecular weight is 716 g/mol. The van der Waals surface area contributed by atoms with E-state index in [-0.39, 0.29) is 0 Å². The first-order valence-electron chi connectivity index (χ1n) is 18.9. The number of hydrogen-bond acceptors (Lipinski definition) is 3. The quantitative estimate of drug-likeness (QED) is 0.172. The minimum absolute atomic E-state index is 0.564. The fourth-order valence-electron chi connectivity index (χ4n) is 8.35. The fourth-order valence-corrected chi connectivity index (χ4v) is 8.35. The Hall–Kier alpha value is -7.63. The molecule has 0 atom stereocenters. The van der Waals surface area contributed by atoms with Gasteiger partial charge in [-0.25, -0.2) is 4.98 Å². The van der Waals surface area contributed by atoms with E-state index in [1.165, 1.54) is 22.1 Å². The van der Waals surface area contributed by atoms with Crippen molar-refractivity contribution in [3.63, 3.8) is 0 Å². The van der Waals surface area contributed by atoms with Crippen molar-refractivity contribution in [1.29, 1.82) is 0 Å². The van der Waals surface area contributed by atoms with E-state index in [4.69, 9.17) is 15.0 Å². The topological polar surface area (TPSA) is 48.5 Å². The Morgan fingerprint density at radius 3 is 1.30 bits per heavy atom. The van der Waals surface area contributed by atoms with Gasteiger partial charge in [0, 0.05) is 38.2 Å². The van der Waals surface area contributed by atoms with E-state index >= 15 is 0 Å². The zero-order valence-corrected chi connectivity index (χ0v) is 30.3. The van der Waals surface area contributed by atoms with E-state index < -0.39 is 0 Å². The molecule has 0 radical (unpaired) electrons. The SMILES string of the molecule is c1ccc(-c2nc(-c3ccccc3)nc(-n3c4ccccc4c4ccc5c6ccccc6n(-c6cccc(-c7ccccc7)c6-c6ccccc6)c5c43)n2)cc1. The van der Waals surface area contributed by atoms with Crippen molar-refractivity contribution in [2.45, 2.75) is 0 Å². The van der Waals surface area contributed by atoms with Gasteiger partial charge in [-0.15, -0.1) is 0 Å². The second kappa shape index (κ2) is 13.0. The summed E-state index contributed by atoms with van der Waals surface area (Å²) in [7, 11) is 0. The summed E-state index contributed by atoms with van der Waals surface area (Å²) >= 11 is 0. The van der Waals surface area contributed by atoms with E-state index in [2.05, 4.69) is 173 Å². The molecule has 8 aromatic carbocycles. The maximum atomic E-state index is 5.29. The minimum atomic E-state index is 0.564.